The van der Waals surface area contributed by atoms with Crippen LogP contribution in [-0.2, 0) is 4.74 Å². The van der Waals surface area contributed by atoms with Gasteiger partial charge >= 0.3 is 5.97 Å². The summed E-state index contributed by atoms with van der Waals surface area (Å²) in [5.74, 6) is 0.0310. The molecule has 0 spiro atoms. The number of rotatable bonds is 3. The molecular weight excluding hydrogens is 334 g/mol. The van der Waals surface area contributed by atoms with Gasteiger partial charge in [0.1, 0.15) is 11.3 Å². The molecule has 19 heavy (non-hydrogen) atoms. The number of carbonyl (C=O) groups excluding carboxylic acids is 1. The summed E-state index contributed by atoms with van der Waals surface area (Å²) in [5.41, 5.74) is 0.237. The highest BCUT2D eigenvalue weighted by Gasteiger charge is 2.15. The molecule has 0 aliphatic heterocycles. The predicted octanol–water partition coefficient (Wildman–Crippen LogP) is 4.08. The molecule has 1 aromatic heterocycles. The second-order valence-corrected chi connectivity index (χ2v) is 4.85. The van der Waals surface area contributed by atoms with Crippen molar-refractivity contribution in [3.05, 3.63) is 51.6 Å². The first-order valence-electron chi connectivity index (χ1n) is 5.28. The monoisotopic (exact) mass is 341 g/mol. The molecule has 0 N–H and O–H groups in total. The fourth-order valence-electron chi connectivity index (χ4n) is 1.40. The summed E-state index contributed by atoms with van der Waals surface area (Å²) >= 11 is 9.34. The van der Waals surface area contributed by atoms with Crippen molar-refractivity contribution >= 4 is 33.5 Å². The second-order valence-electron chi connectivity index (χ2n) is 3.52. The van der Waals surface area contributed by atoms with Gasteiger partial charge in [-0.05, 0) is 30.3 Å². The molecule has 0 saturated heterocycles. The number of pyridine rings is 1. The molecule has 0 fully saturated rings. The largest absolute Gasteiger partial charge is 0.465 e. The normalized spacial score (nSPS) is 10.1. The number of nitrogens with zero attached hydrogens (tertiary/aromatic N) is 1. The topological polar surface area (TPSA) is 48.4 Å². The summed E-state index contributed by atoms with van der Waals surface area (Å²) in [6, 6.07) is 8.36. The van der Waals surface area contributed by atoms with Gasteiger partial charge in [-0.15, -0.1) is 0 Å². The minimum atomic E-state index is -0.519. The Labute approximate surface area is 123 Å². The van der Waals surface area contributed by atoms with Gasteiger partial charge in [-0.3, -0.25) is 0 Å². The zero-order valence-corrected chi connectivity index (χ0v) is 12.2. The van der Waals surface area contributed by atoms with Crippen molar-refractivity contribution in [2.75, 3.05) is 7.11 Å². The summed E-state index contributed by atoms with van der Waals surface area (Å²) in [6.45, 7) is 0. The van der Waals surface area contributed by atoms with Crippen LogP contribution in [0.4, 0.5) is 0 Å². The highest BCUT2D eigenvalue weighted by atomic mass is 79.9. The van der Waals surface area contributed by atoms with E-state index in [1.807, 2.05) is 0 Å². The molecule has 0 aliphatic carbocycles. The standard InChI is InChI=1S/C13H9BrClNO3/c1-18-13(17)9-3-2-6-16-12(9)19-11-7-8(14)4-5-10(11)15/h2-7H,1H3. The third kappa shape index (κ3) is 3.24. The van der Waals surface area contributed by atoms with E-state index in [0.29, 0.717) is 10.8 Å². The number of methoxy groups -OCH3 is 1. The van der Waals surface area contributed by atoms with Crippen molar-refractivity contribution in [1.82, 2.24) is 4.98 Å². The Morgan fingerprint density at radius 2 is 2.16 bits per heavy atom. The van der Waals surface area contributed by atoms with Gasteiger partial charge in [-0.1, -0.05) is 27.5 Å². The first-order valence-corrected chi connectivity index (χ1v) is 6.45. The van der Waals surface area contributed by atoms with E-state index in [4.69, 9.17) is 16.3 Å². The van der Waals surface area contributed by atoms with Gasteiger partial charge in [0, 0.05) is 10.7 Å². The summed E-state index contributed by atoms with van der Waals surface area (Å²) in [6.07, 6.45) is 1.52. The van der Waals surface area contributed by atoms with Crippen LogP contribution in [0.25, 0.3) is 0 Å². The zero-order chi connectivity index (χ0) is 13.8. The van der Waals surface area contributed by atoms with Crippen molar-refractivity contribution in [1.29, 1.82) is 0 Å². The van der Waals surface area contributed by atoms with Crippen molar-refractivity contribution in [3.8, 4) is 11.6 Å². The molecule has 0 radical (unpaired) electrons. The molecule has 0 unspecified atom stereocenters. The van der Waals surface area contributed by atoms with Crippen LogP contribution in [0.3, 0.4) is 0 Å². The van der Waals surface area contributed by atoms with Crippen LogP contribution in [0.5, 0.6) is 11.6 Å². The summed E-state index contributed by atoms with van der Waals surface area (Å²) in [7, 11) is 1.30. The lowest BCUT2D eigenvalue weighted by Gasteiger charge is -2.09. The van der Waals surface area contributed by atoms with E-state index in [1.165, 1.54) is 13.3 Å². The Balaban J connectivity index is 2.38. The maximum absolute atomic E-state index is 11.6. The Morgan fingerprint density at radius 1 is 1.37 bits per heavy atom. The van der Waals surface area contributed by atoms with Crippen molar-refractivity contribution < 1.29 is 14.3 Å². The van der Waals surface area contributed by atoms with Gasteiger partial charge in [0.05, 0.1) is 12.1 Å². The maximum Gasteiger partial charge on any atom is 0.343 e. The predicted molar refractivity (Wildman–Crippen MR) is 74.8 cm³/mol. The number of ether oxygens (including phenoxy) is 2. The number of aromatic nitrogens is 1. The van der Waals surface area contributed by atoms with Crippen molar-refractivity contribution in [2.24, 2.45) is 0 Å². The van der Waals surface area contributed by atoms with Crippen LogP contribution in [-0.4, -0.2) is 18.1 Å². The minimum absolute atomic E-state index is 0.148. The van der Waals surface area contributed by atoms with E-state index in [9.17, 15) is 4.79 Å². The third-order valence-electron chi connectivity index (χ3n) is 2.28. The molecule has 0 bridgehead atoms. The lowest BCUT2D eigenvalue weighted by molar-refractivity contribution is 0.0597. The van der Waals surface area contributed by atoms with Crippen LogP contribution in [0.1, 0.15) is 10.4 Å². The minimum Gasteiger partial charge on any atom is -0.465 e. The van der Waals surface area contributed by atoms with E-state index in [2.05, 4.69) is 25.7 Å². The fourth-order valence-corrected chi connectivity index (χ4v) is 1.89. The summed E-state index contributed by atoms with van der Waals surface area (Å²) in [4.78, 5) is 15.6. The van der Waals surface area contributed by atoms with Gasteiger partial charge in [0.25, 0.3) is 0 Å². The summed E-state index contributed by atoms with van der Waals surface area (Å²) < 4.78 is 11.0. The molecule has 0 saturated carbocycles. The average Bonchev–Trinajstić information content (AvgIpc) is 2.42. The Hall–Kier alpha value is -1.59. The van der Waals surface area contributed by atoms with E-state index >= 15 is 0 Å². The van der Waals surface area contributed by atoms with E-state index in [-0.39, 0.29) is 11.4 Å². The molecular formula is C13H9BrClNO3. The fraction of sp³-hybridized carbons (Fsp3) is 0.0769. The smallest absolute Gasteiger partial charge is 0.343 e. The van der Waals surface area contributed by atoms with Crippen molar-refractivity contribution in [3.63, 3.8) is 0 Å². The molecule has 4 nitrogen and oxygen atoms in total. The van der Waals surface area contributed by atoms with Crippen LogP contribution < -0.4 is 4.74 Å². The molecule has 2 aromatic rings. The number of halogens is 2. The second kappa shape index (κ2) is 6.04. The SMILES string of the molecule is COC(=O)c1cccnc1Oc1cc(Br)ccc1Cl. The maximum atomic E-state index is 11.6. The number of carbonyl (C=O) groups is 1. The zero-order valence-electron chi connectivity index (χ0n) is 9.89. The Kier molecular flexibility index (Phi) is 4.39. The highest BCUT2D eigenvalue weighted by Crippen LogP contribution is 2.32. The quantitative estimate of drug-likeness (QED) is 0.789. The highest BCUT2D eigenvalue weighted by molar-refractivity contribution is 9.10. The number of hydrogen-bond acceptors (Lipinski definition) is 4. The van der Waals surface area contributed by atoms with Crippen LogP contribution >= 0.6 is 27.5 Å². The summed E-state index contributed by atoms with van der Waals surface area (Å²) in [5, 5.41) is 0.421. The molecule has 0 aliphatic rings. The van der Waals surface area contributed by atoms with E-state index < -0.39 is 5.97 Å². The number of benzene rings is 1. The third-order valence-corrected chi connectivity index (χ3v) is 3.08. The molecule has 2 rings (SSSR count). The molecule has 6 heteroatoms. The molecule has 1 heterocycles. The molecule has 1 aromatic carbocycles. The van der Waals surface area contributed by atoms with Gasteiger partial charge in [-0.25, -0.2) is 9.78 Å². The number of hydrogen-bond donors (Lipinski definition) is 0. The van der Waals surface area contributed by atoms with Gasteiger partial charge in [-0.2, -0.15) is 0 Å². The van der Waals surface area contributed by atoms with Gasteiger partial charge in [0.15, 0.2) is 0 Å². The van der Waals surface area contributed by atoms with E-state index in [1.54, 1.807) is 30.3 Å². The molecule has 0 amide bonds. The number of esters is 1. The first-order chi connectivity index (χ1) is 9.11. The Morgan fingerprint density at radius 3 is 2.89 bits per heavy atom. The lowest BCUT2D eigenvalue weighted by Crippen LogP contribution is -2.04. The van der Waals surface area contributed by atoms with E-state index in [0.717, 1.165) is 4.47 Å². The average molecular weight is 343 g/mol. The van der Waals surface area contributed by atoms with Crippen LogP contribution in [0, 0.1) is 0 Å². The van der Waals surface area contributed by atoms with Gasteiger partial charge < -0.3 is 9.47 Å². The lowest BCUT2D eigenvalue weighted by atomic mass is 10.2. The molecule has 0 atom stereocenters. The van der Waals surface area contributed by atoms with Crippen molar-refractivity contribution in [2.45, 2.75) is 0 Å². The molecule has 98 valence electrons. The van der Waals surface area contributed by atoms with Gasteiger partial charge in [0.2, 0.25) is 5.88 Å². The van der Waals surface area contributed by atoms with Crippen LogP contribution in [0.2, 0.25) is 5.02 Å². The first kappa shape index (κ1) is 13.8. The Bertz CT molecular complexity index is 619. The van der Waals surface area contributed by atoms with Crippen LogP contribution in [0.15, 0.2) is 41.0 Å².